The second kappa shape index (κ2) is 7.94. The van der Waals surface area contributed by atoms with Gasteiger partial charge in [-0.25, -0.2) is 9.37 Å². The van der Waals surface area contributed by atoms with Crippen LogP contribution in [0.1, 0.15) is 18.1 Å². The maximum Gasteiger partial charge on any atom is 0.234 e. The predicted molar refractivity (Wildman–Crippen MR) is 113 cm³/mol. The summed E-state index contributed by atoms with van der Waals surface area (Å²) in [6, 6.07) is 17.6. The van der Waals surface area contributed by atoms with Crippen LogP contribution in [0.3, 0.4) is 0 Å². The quantitative estimate of drug-likeness (QED) is 0.486. The highest BCUT2D eigenvalue weighted by Crippen LogP contribution is 2.30. The smallest absolute Gasteiger partial charge is 0.234 e. The molecule has 0 atom stereocenters. The van der Waals surface area contributed by atoms with E-state index in [0.717, 1.165) is 21.6 Å². The lowest BCUT2D eigenvalue weighted by Crippen LogP contribution is -2.14. The molecule has 1 amide bonds. The molecule has 4 aromatic rings. The molecule has 2 aromatic carbocycles. The Morgan fingerprint density at radius 2 is 2.00 bits per heavy atom. The van der Waals surface area contributed by atoms with Gasteiger partial charge in [0, 0.05) is 5.69 Å². The molecule has 2 heterocycles. The number of anilines is 1. The average molecular weight is 404 g/mol. The van der Waals surface area contributed by atoms with Crippen molar-refractivity contribution in [2.24, 2.45) is 0 Å². The zero-order valence-electron chi connectivity index (χ0n) is 15.6. The molecule has 0 aliphatic carbocycles. The van der Waals surface area contributed by atoms with E-state index in [1.807, 2.05) is 41.7 Å². The summed E-state index contributed by atoms with van der Waals surface area (Å²) in [5.41, 5.74) is 4.30. The summed E-state index contributed by atoms with van der Waals surface area (Å²) in [5.74, 6) is -0.369. The Morgan fingerprint density at radius 3 is 2.72 bits per heavy atom. The van der Waals surface area contributed by atoms with E-state index in [1.165, 1.54) is 36.0 Å². The Balaban J connectivity index is 1.68. The van der Waals surface area contributed by atoms with Crippen LogP contribution in [-0.2, 0) is 11.2 Å². The molecule has 0 aliphatic rings. The first-order valence-corrected chi connectivity index (χ1v) is 10.1. The molecular weight excluding hydrogens is 387 g/mol. The molecule has 7 heteroatoms. The number of fused-ring (bicyclic) bond motifs is 3. The van der Waals surface area contributed by atoms with Crippen LogP contribution in [0.4, 0.5) is 10.1 Å². The maximum absolute atomic E-state index is 13.0. The summed E-state index contributed by atoms with van der Waals surface area (Å²) in [6.45, 7) is 1.99. The minimum absolute atomic E-state index is 0.175. The number of nitrogens with one attached hydrogen (secondary N) is 1. The van der Waals surface area contributed by atoms with Gasteiger partial charge in [-0.15, -0.1) is 0 Å². The molecule has 0 bridgehead atoms. The second-order valence-corrected chi connectivity index (χ2v) is 7.45. The first kappa shape index (κ1) is 19.0. The van der Waals surface area contributed by atoms with Crippen LogP contribution in [-0.4, -0.2) is 21.0 Å². The average Bonchev–Trinajstić information content (AvgIpc) is 3.12. The van der Waals surface area contributed by atoms with E-state index in [4.69, 9.17) is 0 Å². The number of para-hydroxylation sites is 2. The number of carbonyl (C=O) groups is 1. The molecule has 144 valence electrons. The van der Waals surface area contributed by atoms with Gasteiger partial charge in [0.25, 0.3) is 0 Å². The van der Waals surface area contributed by atoms with Gasteiger partial charge in [0.15, 0.2) is 5.65 Å². The fourth-order valence-corrected chi connectivity index (χ4v) is 4.11. The van der Waals surface area contributed by atoms with Crippen molar-refractivity contribution in [3.05, 3.63) is 71.5 Å². The first-order valence-electron chi connectivity index (χ1n) is 9.12. The number of thioether (sulfide) groups is 1. The van der Waals surface area contributed by atoms with Gasteiger partial charge in [-0.2, -0.15) is 5.26 Å². The molecule has 0 unspecified atom stereocenters. The largest absolute Gasteiger partial charge is 0.325 e. The van der Waals surface area contributed by atoms with Crippen molar-refractivity contribution in [2.75, 3.05) is 11.1 Å². The van der Waals surface area contributed by atoms with Crippen LogP contribution in [0.2, 0.25) is 0 Å². The topological polar surface area (TPSA) is 70.2 Å². The van der Waals surface area contributed by atoms with Crippen LogP contribution in [0.5, 0.6) is 0 Å². The van der Waals surface area contributed by atoms with Crippen molar-refractivity contribution in [1.29, 1.82) is 5.26 Å². The Hall–Kier alpha value is -3.37. The highest BCUT2D eigenvalue weighted by atomic mass is 32.2. The maximum atomic E-state index is 13.0. The van der Waals surface area contributed by atoms with Crippen LogP contribution in [0.25, 0.3) is 16.7 Å². The van der Waals surface area contributed by atoms with Gasteiger partial charge in [0.1, 0.15) is 11.9 Å². The third-order valence-corrected chi connectivity index (χ3v) is 5.60. The van der Waals surface area contributed by atoms with E-state index >= 15 is 0 Å². The summed E-state index contributed by atoms with van der Waals surface area (Å²) in [5, 5.41) is 13.3. The third kappa shape index (κ3) is 3.67. The zero-order valence-corrected chi connectivity index (χ0v) is 16.5. The first-order chi connectivity index (χ1) is 14.1. The number of carbonyl (C=O) groups excluding carboxylic acids is 1. The Bertz CT molecular complexity index is 1260. The monoisotopic (exact) mass is 404 g/mol. The highest BCUT2D eigenvalue weighted by Gasteiger charge is 2.17. The molecule has 2 aromatic heterocycles. The third-order valence-electron chi connectivity index (χ3n) is 4.60. The van der Waals surface area contributed by atoms with E-state index in [1.54, 1.807) is 0 Å². The molecule has 0 saturated heterocycles. The van der Waals surface area contributed by atoms with Crippen LogP contribution in [0.15, 0.2) is 59.6 Å². The van der Waals surface area contributed by atoms with Gasteiger partial charge in [0.05, 0.1) is 27.4 Å². The molecule has 0 fully saturated rings. The van der Waals surface area contributed by atoms with Crippen molar-refractivity contribution >= 4 is 40.0 Å². The summed E-state index contributed by atoms with van der Waals surface area (Å²) in [6.07, 6.45) is 0.692. The van der Waals surface area contributed by atoms with E-state index in [2.05, 4.69) is 16.4 Å². The number of nitriles is 1. The predicted octanol–water partition coefficient (Wildman–Crippen LogP) is 4.79. The molecule has 0 spiro atoms. The minimum atomic E-state index is -0.351. The van der Waals surface area contributed by atoms with Gasteiger partial charge in [-0.3, -0.25) is 9.20 Å². The number of imidazole rings is 1. The van der Waals surface area contributed by atoms with Gasteiger partial charge in [-0.1, -0.05) is 30.8 Å². The van der Waals surface area contributed by atoms with Crippen molar-refractivity contribution in [3.63, 3.8) is 0 Å². The van der Waals surface area contributed by atoms with E-state index in [9.17, 15) is 14.4 Å². The molecule has 0 aliphatic heterocycles. The standard InChI is InChI=1S/C22H17FN4OS/c1-2-14-11-21(29-13-20(28)25-16-9-7-15(23)8-10-16)27-19-6-4-3-5-18(19)26-22(27)17(14)12-24/h3-11H,2,13H2,1H3,(H,25,28). The fraction of sp³-hybridized carbons (Fsp3) is 0.136. The number of aryl methyl sites for hydroxylation is 1. The number of aromatic nitrogens is 2. The number of nitrogens with zero attached hydrogens (tertiary/aromatic N) is 3. The Labute approximate surface area is 171 Å². The number of rotatable bonds is 5. The number of hydrogen-bond acceptors (Lipinski definition) is 4. The lowest BCUT2D eigenvalue weighted by Gasteiger charge is -2.11. The summed E-state index contributed by atoms with van der Waals surface area (Å²) in [7, 11) is 0. The number of pyridine rings is 1. The van der Waals surface area contributed by atoms with Crippen LogP contribution in [0, 0.1) is 17.1 Å². The number of hydrogen-bond donors (Lipinski definition) is 1. The summed E-state index contributed by atoms with van der Waals surface area (Å²) >= 11 is 1.38. The Morgan fingerprint density at radius 1 is 1.24 bits per heavy atom. The minimum Gasteiger partial charge on any atom is -0.325 e. The van der Waals surface area contributed by atoms with Gasteiger partial charge >= 0.3 is 0 Å². The molecule has 5 nitrogen and oxygen atoms in total. The highest BCUT2D eigenvalue weighted by molar-refractivity contribution is 7.99. The zero-order chi connectivity index (χ0) is 20.4. The normalized spacial score (nSPS) is 10.9. The Kier molecular flexibility index (Phi) is 5.19. The van der Waals surface area contributed by atoms with E-state index in [-0.39, 0.29) is 17.5 Å². The molecule has 0 radical (unpaired) electrons. The number of amides is 1. The van der Waals surface area contributed by atoms with E-state index in [0.29, 0.717) is 23.3 Å². The van der Waals surface area contributed by atoms with Gasteiger partial charge in [0.2, 0.25) is 5.91 Å². The van der Waals surface area contributed by atoms with Crippen molar-refractivity contribution in [3.8, 4) is 6.07 Å². The van der Waals surface area contributed by atoms with Gasteiger partial charge in [-0.05, 0) is 54.4 Å². The van der Waals surface area contributed by atoms with Crippen molar-refractivity contribution in [1.82, 2.24) is 9.38 Å². The molecular formula is C22H17FN4OS. The summed E-state index contributed by atoms with van der Waals surface area (Å²) < 4.78 is 15.0. The molecule has 1 N–H and O–H groups in total. The lowest BCUT2D eigenvalue weighted by atomic mass is 10.1. The van der Waals surface area contributed by atoms with E-state index < -0.39 is 0 Å². The van der Waals surface area contributed by atoms with Crippen molar-refractivity contribution < 1.29 is 9.18 Å². The van der Waals surface area contributed by atoms with Gasteiger partial charge < -0.3 is 5.32 Å². The fourth-order valence-electron chi connectivity index (χ4n) is 3.22. The van der Waals surface area contributed by atoms with Crippen LogP contribution < -0.4 is 5.32 Å². The number of halogens is 1. The second-order valence-electron chi connectivity index (χ2n) is 6.45. The van der Waals surface area contributed by atoms with Crippen molar-refractivity contribution in [2.45, 2.75) is 18.4 Å². The SMILES string of the molecule is CCc1cc(SCC(=O)Nc2ccc(F)cc2)n2c(nc3ccccc32)c1C#N. The molecule has 29 heavy (non-hydrogen) atoms. The lowest BCUT2D eigenvalue weighted by molar-refractivity contribution is -0.113. The molecule has 0 saturated carbocycles. The number of benzene rings is 2. The van der Waals surface area contributed by atoms with Crippen LogP contribution >= 0.6 is 11.8 Å². The molecule has 4 rings (SSSR count). The summed E-state index contributed by atoms with van der Waals surface area (Å²) in [4.78, 5) is 17.0.